The van der Waals surface area contributed by atoms with E-state index in [0.717, 1.165) is 30.8 Å². The summed E-state index contributed by atoms with van der Waals surface area (Å²) in [4.78, 5) is 14.8. The number of amides is 1. The molecule has 5 heteroatoms. The summed E-state index contributed by atoms with van der Waals surface area (Å²) in [6.07, 6.45) is 3.08. The molecule has 21 heavy (non-hydrogen) atoms. The highest BCUT2D eigenvalue weighted by atomic mass is 32.2. The molecule has 0 aliphatic carbocycles. The first-order valence-electron chi connectivity index (χ1n) is 7.87. The zero-order valence-electron chi connectivity index (χ0n) is 13.2. The molecule has 1 fully saturated rings. The van der Waals surface area contributed by atoms with Gasteiger partial charge in [-0.15, -0.1) is 0 Å². The van der Waals surface area contributed by atoms with E-state index in [2.05, 4.69) is 47.8 Å². The lowest BCUT2D eigenvalue weighted by molar-refractivity contribution is -0.132. The van der Waals surface area contributed by atoms with Crippen LogP contribution in [0.25, 0.3) is 0 Å². The predicted octanol–water partition coefficient (Wildman–Crippen LogP) is 3.88. The number of nitrogens with one attached hydrogen (secondary N) is 1. The van der Waals surface area contributed by atoms with Crippen LogP contribution in [0.5, 0.6) is 0 Å². The van der Waals surface area contributed by atoms with Crippen molar-refractivity contribution in [2.45, 2.75) is 58.3 Å². The van der Waals surface area contributed by atoms with Gasteiger partial charge in [0.2, 0.25) is 5.91 Å². The maximum Gasteiger partial charge on any atom is 0.241 e. The van der Waals surface area contributed by atoms with E-state index < -0.39 is 0 Å². The molecular formula is C16H26N2OS2. The van der Waals surface area contributed by atoms with Crippen molar-refractivity contribution in [3.63, 3.8) is 0 Å². The molecule has 118 valence electrons. The minimum Gasteiger partial charge on any atom is -0.319 e. The van der Waals surface area contributed by atoms with Crippen molar-refractivity contribution in [1.82, 2.24) is 10.2 Å². The standard InChI is InChI=1S/C16H26N2OS2/c1-4-6-14-16(19)18(12(3)7-9-20-5-2)15(17-14)13-8-10-21-11-13/h8,10-12,14-15,17H,4-7,9H2,1-3H3. The fraction of sp³-hybridized carbons (Fsp3) is 0.688. The summed E-state index contributed by atoms with van der Waals surface area (Å²) in [6.45, 7) is 6.51. The molecule has 1 amide bonds. The molecule has 2 rings (SSSR count). The van der Waals surface area contributed by atoms with Gasteiger partial charge in [-0.05, 0) is 53.7 Å². The molecule has 1 aromatic heterocycles. The molecule has 3 unspecified atom stereocenters. The first kappa shape index (κ1) is 16.8. The van der Waals surface area contributed by atoms with Gasteiger partial charge >= 0.3 is 0 Å². The zero-order valence-corrected chi connectivity index (χ0v) is 14.8. The van der Waals surface area contributed by atoms with Crippen molar-refractivity contribution in [1.29, 1.82) is 0 Å². The highest BCUT2D eigenvalue weighted by molar-refractivity contribution is 7.99. The van der Waals surface area contributed by atoms with Gasteiger partial charge in [0.15, 0.2) is 0 Å². The van der Waals surface area contributed by atoms with Gasteiger partial charge in [-0.2, -0.15) is 23.1 Å². The van der Waals surface area contributed by atoms with Crippen LogP contribution in [-0.4, -0.2) is 34.4 Å². The molecular weight excluding hydrogens is 300 g/mol. The summed E-state index contributed by atoms with van der Waals surface area (Å²) < 4.78 is 0. The van der Waals surface area contributed by atoms with Crippen molar-refractivity contribution in [3.8, 4) is 0 Å². The smallest absolute Gasteiger partial charge is 0.241 e. The van der Waals surface area contributed by atoms with Crippen LogP contribution < -0.4 is 5.32 Å². The molecule has 2 heterocycles. The fourth-order valence-corrected chi connectivity index (χ4v) is 4.32. The Morgan fingerprint density at radius 1 is 1.48 bits per heavy atom. The Balaban J connectivity index is 2.10. The van der Waals surface area contributed by atoms with Gasteiger partial charge in [0.05, 0.1) is 6.04 Å². The van der Waals surface area contributed by atoms with Crippen LogP contribution in [0.1, 0.15) is 51.8 Å². The van der Waals surface area contributed by atoms with Crippen molar-refractivity contribution in [2.75, 3.05) is 11.5 Å². The Bertz CT molecular complexity index is 435. The molecule has 0 radical (unpaired) electrons. The van der Waals surface area contributed by atoms with Gasteiger partial charge in [0, 0.05) is 6.04 Å². The van der Waals surface area contributed by atoms with E-state index in [4.69, 9.17) is 0 Å². The molecule has 1 aliphatic heterocycles. The monoisotopic (exact) mass is 326 g/mol. The average Bonchev–Trinajstić information content (AvgIpc) is 3.08. The third kappa shape index (κ3) is 4.02. The molecule has 0 aromatic carbocycles. The largest absolute Gasteiger partial charge is 0.319 e. The number of thioether (sulfide) groups is 1. The molecule has 0 bridgehead atoms. The van der Waals surface area contributed by atoms with Crippen LogP contribution in [0.15, 0.2) is 16.8 Å². The van der Waals surface area contributed by atoms with Crippen LogP contribution in [0.2, 0.25) is 0 Å². The summed E-state index contributed by atoms with van der Waals surface area (Å²) >= 11 is 3.65. The van der Waals surface area contributed by atoms with E-state index in [1.54, 1.807) is 11.3 Å². The first-order chi connectivity index (χ1) is 10.2. The summed E-state index contributed by atoms with van der Waals surface area (Å²) in [5.41, 5.74) is 1.22. The molecule has 3 nitrogen and oxygen atoms in total. The number of carbonyl (C=O) groups excluding carboxylic acids is 1. The summed E-state index contributed by atoms with van der Waals surface area (Å²) in [5, 5.41) is 7.78. The lowest BCUT2D eigenvalue weighted by atomic mass is 10.1. The Labute approximate surface area is 136 Å². The Kier molecular flexibility index (Phi) is 6.58. The third-order valence-electron chi connectivity index (χ3n) is 3.99. The number of hydrogen-bond acceptors (Lipinski definition) is 4. The summed E-state index contributed by atoms with van der Waals surface area (Å²) in [7, 11) is 0. The highest BCUT2D eigenvalue weighted by Crippen LogP contribution is 2.31. The van der Waals surface area contributed by atoms with Crippen LogP contribution in [0.3, 0.4) is 0 Å². The fourth-order valence-electron chi connectivity index (χ4n) is 2.84. The maximum absolute atomic E-state index is 12.7. The van der Waals surface area contributed by atoms with Gasteiger partial charge in [-0.1, -0.05) is 20.3 Å². The molecule has 1 saturated heterocycles. The molecule has 0 saturated carbocycles. The Morgan fingerprint density at radius 2 is 2.29 bits per heavy atom. The second-order valence-electron chi connectivity index (χ2n) is 5.55. The quantitative estimate of drug-likeness (QED) is 0.736. The van der Waals surface area contributed by atoms with Crippen LogP contribution in [-0.2, 0) is 4.79 Å². The van der Waals surface area contributed by atoms with Gasteiger partial charge < -0.3 is 4.90 Å². The van der Waals surface area contributed by atoms with Crippen molar-refractivity contribution in [2.24, 2.45) is 0 Å². The van der Waals surface area contributed by atoms with Crippen molar-refractivity contribution >= 4 is 29.0 Å². The average molecular weight is 327 g/mol. The molecule has 1 N–H and O–H groups in total. The van der Waals surface area contributed by atoms with E-state index in [-0.39, 0.29) is 24.2 Å². The Morgan fingerprint density at radius 3 is 2.90 bits per heavy atom. The van der Waals surface area contributed by atoms with E-state index in [9.17, 15) is 4.79 Å². The second-order valence-corrected chi connectivity index (χ2v) is 7.72. The van der Waals surface area contributed by atoms with Crippen LogP contribution in [0, 0.1) is 0 Å². The summed E-state index contributed by atoms with van der Waals surface area (Å²) in [6, 6.07) is 2.40. The second kappa shape index (κ2) is 8.20. The first-order valence-corrected chi connectivity index (χ1v) is 9.96. The van der Waals surface area contributed by atoms with Crippen LogP contribution >= 0.6 is 23.1 Å². The third-order valence-corrected chi connectivity index (χ3v) is 5.62. The molecule has 1 aromatic rings. The van der Waals surface area contributed by atoms with E-state index in [0.29, 0.717) is 0 Å². The lowest BCUT2D eigenvalue weighted by Gasteiger charge is -2.30. The topological polar surface area (TPSA) is 32.3 Å². The molecule has 1 aliphatic rings. The van der Waals surface area contributed by atoms with Gasteiger partial charge in [-0.3, -0.25) is 10.1 Å². The zero-order chi connectivity index (χ0) is 15.2. The van der Waals surface area contributed by atoms with Crippen molar-refractivity contribution < 1.29 is 4.79 Å². The lowest BCUT2D eigenvalue weighted by Crippen LogP contribution is -2.38. The molecule has 3 atom stereocenters. The minimum atomic E-state index is -0.0128. The highest BCUT2D eigenvalue weighted by Gasteiger charge is 2.41. The van der Waals surface area contributed by atoms with Gasteiger partial charge in [0.1, 0.15) is 6.17 Å². The number of thiophene rings is 1. The van der Waals surface area contributed by atoms with E-state index in [1.165, 1.54) is 5.56 Å². The number of hydrogen-bond donors (Lipinski definition) is 1. The minimum absolute atomic E-state index is 0.0128. The number of carbonyl (C=O) groups is 1. The van der Waals surface area contributed by atoms with Crippen molar-refractivity contribution in [3.05, 3.63) is 22.4 Å². The van der Waals surface area contributed by atoms with Crippen LogP contribution in [0.4, 0.5) is 0 Å². The van der Waals surface area contributed by atoms with Gasteiger partial charge in [-0.25, -0.2) is 0 Å². The Hall–Kier alpha value is -0.520. The van der Waals surface area contributed by atoms with E-state index >= 15 is 0 Å². The SMILES string of the molecule is CCCC1NC(c2ccsc2)N(C(C)CCSCC)C1=O. The number of nitrogens with zero attached hydrogens (tertiary/aromatic N) is 1. The van der Waals surface area contributed by atoms with Gasteiger partial charge in [0.25, 0.3) is 0 Å². The summed E-state index contributed by atoms with van der Waals surface area (Å²) in [5.74, 6) is 2.55. The predicted molar refractivity (Wildman–Crippen MR) is 92.8 cm³/mol. The number of rotatable bonds is 8. The molecule has 0 spiro atoms. The van der Waals surface area contributed by atoms with E-state index in [1.807, 2.05) is 11.8 Å². The normalized spacial score (nSPS) is 23.8. The maximum atomic E-state index is 12.7.